The van der Waals surface area contributed by atoms with Gasteiger partial charge < -0.3 is 14.8 Å². The first-order valence-corrected chi connectivity index (χ1v) is 12.9. The van der Waals surface area contributed by atoms with Crippen molar-refractivity contribution in [3.05, 3.63) is 57.6 Å². The lowest BCUT2D eigenvalue weighted by atomic mass is 9.98. The van der Waals surface area contributed by atoms with Crippen molar-refractivity contribution in [1.82, 2.24) is 9.62 Å². The number of nitrogens with one attached hydrogen (secondary N) is 1. The van der Waals surface area contributed by atoms with Gasteiger partial charge in [0.2, 0.25) is 15.9 Å². The highest BCUT2D eigenvalue weighted by Gasteiger charge is 2.33. The third kappa shape index (κ3) is 6.32. The second-order valence-corrected chi connectivity index (χ2v) is 10.8. The molecule has 2 aromatic rings. The number of hydrogen-bond donors (Lipinski definition) is 1. The smallest absolute Gasteiger partial charge is 0.224 e. The standard InChI is InChI=1S/C23H28Cl2N2O5S/c1-15(17-7-9-21(31-2)22(12-17)32-3)26-23(28)18-5-4-10-27(13-18)33(29,30)14-16-6-8-19(24)20(25)11-16/h6-9,11-12,15,18H,4-5,10,13-14H2,1-3H3,(H,26,28)/t15-,18+/m0/s1. The molecule has 33 heavy (non-hydrogen) atoms. The number of amides is 1. The third-order valence-corrected chi connectivity index (χ3v) is 8.30. The Morgan fingerprint density at radius 3 is 2.52 bits per heavy atom. The van der Waals surface area contributed by atoms with E-state index in [4.69, 9.17) is 32.7 Å². The highest BCUT2D eigenvalue weighted by atomic mass is 35.5. The second-order valence-electron chi connectivity index (χ2n) is 8.05. The minimum Gasteiger partial charge on any atom is -0.493 e. The van der Waals surface area contributed by atoms with Crippen molar-refractivity contribution in [2.45, 2.75) is 31.6 Å². The summed E-state index contributed by atoms with van der Waals surface area (Å²) in [5.74, 6) is 0.389. The van der Waals surface area contributed by atoms with Crippen LogP contribution < -0.4 is 14.8 Å². The number of rotatable bonds is 8. The summed E-state index contributed by atoms with van der Waals surface area (Å²) in [4.78, 5) is 13.0. The summed E-state index contributed by atoms with van der Waals surface area (Å²) in [5.41, 5.74) is 1.42. The van der Waals surface area contributed by atoms with E-state index in [-0.39, 0.29) is 24.2 Å². The van der Waals surface area contributed by atoms with Crippen molar-refractivity contribution >= 4 is 39.1 Å². The highest BCUT2D eigenvalue weighted by Crippen LogP contribution is 2.30. The molecule has 0 radical (unpaired) electrons. The maximum Gasteiger partial charge on any atom is 0.224 e. The van der Waals surface area contributed by atoms with Gasteiger partial charge in [0.1, 0.15) is 0 Å². The number of ether oxygens (including phenoxy) is 2. The van der Waals surface area contributed by atoms with Crippen LogP contribution in [0.25, 0.3) is 0 Å². The number of piperidine rings is 1. The molecule has 180 valence electrons. The van der Waals surface area contributed by atoms with E-state index in [1.54, 1.807) is 38.5 Å². The van der Waals surface area contributed by atoms with E-state index >= 15 is 0 Å². The van der Waals surface area contributed by atoms with Gasteiger partial charge in [0, 0.05) is 13.1 Å². The van der Waals surface area contributed by atoms with Crippen LogP contribution >= 0.6 is 23.2 Å². The average Bonchev–Trinajstić information content (AvgIpc) is 2.80. The van der Waals surface area contributed by atoms with E-state index in [9.17, 15) is 13.2 Å². The predicted octanol–water partition coefficient (Wildman–Crippen LogP) is 4.43. The SMILES string of the molecule is COc1ccc([C@H](C)NC(=O)[C@@H]2CCCN(S(=O)(=O)Cc3ccc(Cl)c(Cl)c3)C2)cc1OC. The zero-order valence-corrected chi connectivity index (χ0v) is 21.1. The maximum atomic E-state index is 13.0. The molecule has 0 spiro atoms. The number of halogens is 2. The fourth-order valence-corrected chi connectivity index (χ4v) is 5.80. The molecule has 1 amide bonds. The van der Waals surface area contributed by atoms with Crippen LogP contribution in [0, 0.1) is 5.92 Å². The van der Waals surface area contributed by atoms with Gasteiger partial charge in [-0.2, -0.15) is 0 Å². The number of benzene rings is 2. The first kappa shape index (κ1) is 25.6. The normalized spacial score (nSPS) is 17.9. The van der Waals surface area contributed by atoms with Crippen molar-refractivity contribution < 1.29 is 22.7 Å². The fourth-order valence-electron chi connectivity index (χ4n) is 3.88. The molecule has 0 aromatic heterocycles. The molecule has 10 heteroatoms. The minimum atomic E-state index is -3.61. The molecule has 1 aliphatic rings. The molecule has 2 atom stereocenters. The Bertz CT molecular complexity index is 1110. The van der Waals surface area contributed by atoms with E-state index < -0.39 is 15.9 Å². The Labute approximate surface area is 205 Å². The van der Waals surface area contributed by atoms with Crippen LogP contribution in [0.15, 0.2) is 36.4 Å². The van der Waals surface area contributed by atoms with Crippen molar-refractivity contribution in [3.8, 4) is 11.5 Å². The second kappa shape index (κ2) is 11.0. The van der Waals surface area contributed by atoms with Crippen molar-refractivity contribution in [3.63, 3.8) is 0 Å². The van der Waals surface area contributed by atoms with Crippen LogP contribution in [-0.4, -0.2) is 45.9 Å². The van der Waals surface area contributed by atoms with Gasteiger partial charge in [-0.25, -0.2) is 12.7 Å². The Morgan fingerprint density at radius 1 is 1.12 bits per heavy atom. The Hall–Kier alpha value is -2.00. The molecule has 0 saturated carbocycles. The van der Waals surface area contributed by atoms with Crippen LogP contribution in [0.1, 0.15) is 36.9 Å². The summed E-state index contributed by atoms with van der Waals surface area (Å²) in [6, 6.07) is 9.97. The van der Waals surface area contributed by atoms with Gasteiger partial charge in [0.05, 0.1) is 42.0 Å². The lowest BCUT2D eigenvalue weighted by Gasteiger charge is -2.32. The molecule has 3 rings (SSSR count). The molecular formula is C23H28Cl2N2O5S. The molecule has 1 N–H and O–H groups in total. The molecule has 1 aliphatic heterocycles. The molecular weight excluding hydrogens is 487 g/mol. The van der Waals surface area contributed by atoms with Crippen LogP contribution in [0.5, 0.6) is 11.5 Å². The van der Waals surface area contributed by atoms with Gasteiger partial charge in [-0.05, 0) is 55.2 Å². The molecule has 0 aliphatic carbocycles. The van der Waals surface area contributed by atoms with E-state index in [2.05, 4.69) is 5.32 Å². The number of carbonyl (C=O) groups excluding carboxylic acids is 1. The Balaban J connectivity index is 1.65. The first-order chi connectivity index (χ1) is 15.6. The number of carbonyl (C=O) groups is 1. The quantitative estimate of drug-likeness (QED) is 0.563. The van der Waals surface area contributed by atoms with Gasteiger partial charge in [0.25, 0.3) is 0 Å². The zero-order chi connectivity index (χ0) is 24.2. The Morgan fingerprint density at radius 2 is 1.85 bits per heavy atom. The van der Waals surface area contributed by atoms with Crippen molar-refractivity contribution in [2.75, 3.05) is 27.3 Å². The summed E-state index contributed by atoms with van der Waals surface area (Å²) in [7, 11) is -0.490. The predicted molar refractivity (Wildman–Crippen MR) is 129 cm³/mol. The van der Waals surface area contributed by atoms with E-state index in [0.29, 0.717) is 46.5 Å². The highest BCUT2D eigenvalue weighted by molar-refractivity contribution is 7.88. The lowest BCUT2D eigenvalue weighted by molar-refractivity contribution is -0.126. The number of methoxy groups -OCH3 is 2. The maximum absolute atomic E-state index is 13.0. The number of sulfonamides is 1. The van der Waals surface area contributed by atoms with Crippen LogP contribution in [0.2, 0.25) is 10.0 Å². The monoisotopic (exact) mass is 514 g/mol. The molecule has 2 aromatic carbocycles. The van der Waals surface area contributed by atoms with Gasteiger partial charge >= 0.3 is 0 Å². The van der Waals surface area contributed by atoms with Crippen LogP contribution in [0.3, 0.4) is 0 Å². The molecule has 7 nitrogen and oxygen atoms in total. The third-order valence-electron chi connectivity index (χ3n) is 5.75. The van der Waals surface area contributed by atoms with Gasteiger partial charge in [-0.15, -0.1) is 0 Å². The van der Waals surface area contributed by atoms with E-state index in [0.717, 1.165) is 5.56 Å². The fraction of sp³-hybridized carbons (Fsp3) is 0.435. The van der Waals surface area contributed by atoms with Crippen molar-refractivity contribution in [1.29, 1.82) is 0 Å². The van der Waals surface area contributed by atoms with Crippen molar-refractivity contribution in [2.24, 2.45) is 5.92 Å². The lowest BCUT2D eigenvalue weighted by Crippen LogP contribution is -2.46. The molecule has 1 fully saturated rings. The summed E-state index contributed by atoms with van der Waals surface area (Å²) >= 11 is 11.9. The van der Waals surface area contributed by atoms with Gasteiger partial charge in [-0.3, -0.25) is 4.79 Å². The Kier molecular flexibility index (Phi) is 8.50. The number of nitrogens with zero attached hydrogens (tertiary/aromatic N) is 1. The summed E-state index contributed by atoms with van der Waals surface area (Å²) in [6.45, 7) is 2.41. The summed E-state index contributed by atoms with van der Waals surface area (Å²) in [5, 5.41) is 3.68. The largest absolute Gasteiger partial charge is 0.493 e. The summed E-state index contributed by atoms with van der Waals surface area (Å²) in [6.07, 6.45) is 1.24. The minimum absolute atomic E-state index is 0.147. The van der Waals surface area contributed by atoms with Gasteiger partial charge in [-0.1, -0.05) is 35.3 Å². The topological polar surface area (TPSA) is 84.9 Å². The summed E-state index contributed by atoms with van der Waals surface area (Å²) < 4.78 is 38.0. The molecule has 0 bridgehead atoms. The van der Waals surface area contributed by atoms with Crippen LogP contribution in [0.4, 0.5) is 0 Å². The molecule has 1 saturated heterocycles. The molecule has 1 heterocycles. The van der Waals surface area contributed by atoms with Gasteiger partial charge in [0.15, 0.2) is 11.5 Å². The zero-order valence-electron chi connectivity index (χ0n) is 18.8. The van der Waals surface area contributed by atoms with E-state index in [1.165, 1.54) is 4.31 Å². The van der Waals surface area contributed by atoms with Crippen LogP contribution in [-0.2, 0) is 20.6 Å². The first-order valence-electron chi connectivity index (χ1n) is 10.6. The molecule has 0 unspecified atom stereocenters. The average molecular weight is 515 g/mol. The van der Waals surface area contributed by atoms with E-state index in [1.807, 2.05) is 19.1 Å². The number of hydrogen-bond acceptors (Lipinski definition) is 5.